The van der Waals surface area contributed by atoms with E-state index in [1.54, 1.807) is 17.5 Å². The van der Waals surface area contributed by atoms with Crippen molar-refractivity contribution in [2.75, 3.05) is 0 Å². The van der Waals surface area contributed by atoms with E-state index >= 15 is 0 Å². The van der Waals surface area contributed by atoms with Crippen LogP contribution in [0.1, 0.15) is 50.2 Å². The number of hydrogen-bond acceptors (Lipinski definition) is 6. The van der Waals surface area contributed by atoms with Crippen molar-refractivity contribution in [3.05, 3.63) is 61.8 Å². The third-order valence-corrected chi connectivity index (χ3v) is 6.52. The first-order valence-corrected chi connectivity index (χ1v) is 10.1. The van der Waals surface area contributed by atoms with Gasteiger partial charge in [-0.05, 0) is 42.3 Å². The second-order valence-corrected chi connectivity index (χ2v) is 8.21. The quantitative estimate of drug-likeness (QED) is 0.623. The molecule has 1 aliphatic carbocycles. The third kappa shape index (κ3) is 3.43. The number of nitrogens with two attached hydrogens (primary N) is 1. The first-order valence-electron chi connectivity index (χ1n) is 8.39. The van der Waals surface area contributed by atoms with E-state index < -0.39 is 11.5 Å². The summed E-state index contributed by atoms with van der Waals surface area (Å²) in [5, 5.41) is 5.77. The molecule has 0 radical (unpaired) electrons. The van der Waals surface area contributed by atoms with E-state index in [2.05, 4.69) is 15.3 Å². The number of pyridine rings is 1. The SMILES string of the molecule is NC(=O)c1cc2c([nH]c1=O)CCCC2NC(=O)c1cnc(-c2cccs2)s1. The molecule has 0 aliphatic heterocycles. The van der Waals surface area contributed by atoms with Gasteiger partial charge in [-0.25, -0.2) is 4.98 Å². The molecule has 4 N–H and O–H groups in total. The van der Waals surface area contributed by atoms with Crippen molar-refractivity contribution in [3.8, 4) is 9.88 Å². The molecule has 3 heterocycles. The van der Waals surface area contributed by atoms with Crippen LogP contribution in [-0.2, 0) is 6.42 Å². The summed E-state index contributed by atoms with van der Waals surface area (Å²) in [5.74, 6) is -1.00. The first kappa shape index (κ1) is 17.6. The number of fused-ring (bicyclic) bond motifs is 1. The molecule has 1 aliphatic rings. The van der Waals surface area contributed by atoms with E-state index in [0.29, 0.717) is 11.3 Å². The van der Waals surface area contributed by atoms with Crippen molar-refractivity contribution in [2.45, 2.75) is 25.3 Å². The molecule has 27 heavy (non-hydrogen) atoms. The number of primary amides is 1. The van der Waals surface area contributed by atoms with Gasteiger partial charge in [0.2, 0.25) is 0 Å². The van der Waals surface area contributed by atoms with Gasteiger partial charge < -0.3 is 16.0 Å². The Morgan fingerprint density at radius 3 is 2.96 bits per heavy atom. The molecule has 1 unspecified atom stereocenters. The van der Waals surface area contributed by atoms with E-state index in [9.17, 15) is 14.4 Å². The van der Waals surface area contributed by atoms with Crippen LogP contribution in [0, 0.1) is 0 Å². The normalized spacial score (nSPS) is 15.9. The molecule has 3 aromatic rings. The Hall–Kier alpha value is -2.78. The molecular weight excluding hydrogens is 384 g/mol. The minimum Gasteiger partial charge on any atom is -0.365 e. The van der Waals surface area contributed by atoms with Crippen LogP contribution in [0.5, 0.6) is 0 Å². The summed E-state index contributed by atoms with van der Waals surface area (Å²) in [5.41, 5.74) is 6.19. The molecule has 0 spiro atoms. The van der Waals surface area contributed by atoms with Gasteiger partial charge in [0, 0.05) is 5.69 Å². The Bertz CT molecular complexity index is 1070. The van der Waals surface area contributed by atoms with Crippen LogP contribution in [0.2, 0.25) is 0 Å². The fraction of sp³-hybridized carbons (Fsp3) is 0.222. The molecule has 9 heteroatoms. The zero-order valence-electron chi connectivity index (χ0n) is 14.2. The highest BCUT2D eigenvalue weighted by Crippen LogP contribution is 2.31. The molecule has 1 atom stereocenters. The number of thiazole rings is 1. The lowest BCUT2D eigenvalue weighted by atomic mass is 9.90. The van der Waals surface area contributed by atoms with Gasteiger partial charge in [0.1, 0.15) is 15.4 Å². The Balaban J connectivity index is 1.59. The van der Waals surface area contributed by atoms with Crippen LogP contribution in [0.15, 0.2) is 34.6 Å². The van der Waals surface area contributed by atoms with E-state index in [-0.39, 0.29) is 17.5 Å². The van der Waals surface area contributed by atoms with Gasteiger partial charge in [0.15, 0.2) is 0 Å². The van der Waals surface area contributed by atoms with Gasteiger partial charge in [-0.15, -0.1) is 22.7 Å². The number of rotatable bonds is 4. The summed E-state index contributed by atoms with van der Waals surface area (Å²) in [7, 11) is 0. The minimum atomic E-state index is -0.780. The van der Waals surface area contributed by atoms with Crippen LogP contribution in [-0.4, -0.2) is 21.8 Å². The molecule has 0 fully saturated rings. The third-order valence-electron chi connectivity index (χ3n) is 4.48. The van der Waals surface area contributed by atoms with Crippen LogP contribution >= 0.6 is 22.7 Å². The molecule has 4 rings (SSSR count). The van der Waals surface area contributed by atoms with Crippen molar-refractivity contribution in [2.24, 2.45) is 5.73 Å². The number of nitrogens with one attached hydrogen (secondary N) is 2. The zero-order chi connectivity index (χ0) is 19.0. The number of hydrogen-bond donors (Lipinski definition) is 3. The molecular formula is C18H16N4O3S2. The molecule has 3 aromatic heterocycles. The van der Waals surface area contributed by atoms with Crippen LogP contribution < -0.4 is 16.6 Å². The molecule has 0 saturated heterocycles. The summed E-state index contributed by atoms with van der Waals surface area (Å²) < 4.78 is 0. The second-order valence-electron chi connectivity index (χ2n) is 6.24. The second kappa shape index (κ2) is 7.09. The zero-order valence-corrected chi connectivity index (χ0v) is 15.8. The monoisotopic (exact) mass is 400 g/mol. The van der Waals surface area contributed by atoms with Crippen molar-refractivity contribution in [1.29, 1.82) is 0 Å². The van der Waals surface area contributed by atoms with Crippen LogP contribution in [0.4, 0.5) is 0 Å². The Morgan fingerprint density at radius 2 is 2.22 bits per heavy atom. The van der Waals surface area contributed by atoms with Crippen molar-refractivity contribution in [1.82, 2.24) is 15.3 Å². The average Bonchev–Trinajstić information content (AvgIpc) is 3.32. The lowest BCUT2D eigenvalue weighted by molar-refractivity contribution is 0.0936. The molecule has 7 nitrogen and oxygen atoms in total. The van der Waals surface area contributed by atoms with Crippen molar-refractivity contribution >= 4 is 34.5 Å². The maximum absolute atomic E-state index is 12.7. The fourth-order valence-electron chi connectivity index (χ4n) is 3.20. The highest BCUT2D eigenvalue weighted by molar-refractivity contribution is 7.21. The van der Waals surface area contributed by atoms with E-state index in [1.807, 2.05) is 17.5 Å². The smallest absolute Gasteiger partial charge is 0.263 e. The summed E-state index contributed by atoms with van der Waals surface area (Å²) in [6.45, 7) is 0. The molecule has 0 aromatic carbocycles. The van der Waals surface area contributed by atoms with Crippen molar-refractivity contribution in [3.63, 3.8) is 0 Å². The average molecular weight is 400 g/mol. The predicted molar refractivity (Wildman–Crippen MR) is 104 cm³/mol. The van der Waals surface area contributed by atoms with E-state index in [0.717, 1.165) is 34.0 Å². The molecule has 138 valence electrons. The largest absolute Gasteiger partial charge is 0.365 e. The van der Waals surface area contributed by atoms with Gasteiger partial charge in [0.05, 0.1) is 17.1 Å². The maximum Gasteiger partial charge on any atom is 0.263 e. The predicted octanol–water partition coefficient (Wildman–Crippen LogP) is 2.47. The highest BCUT2D eigenvalue weighted by atomic mass is 32.1. The molecule has 0 bridgehead atoms. The molecule has 0 saturated carbocycles. The van der Waals surface area contributed by atoms with Gasteiger partial charge in [0.25, 0.3) is 17.4 Å². The number of thiophene rings is 1. The molecule has 2 amide bonds. The number of aromatic nitrogens is 2. The fourth-order valence-corrected chi connectivity index (χ4v) is 4.82. The number of H-pyrrole nitrogens is 1. The number of carbonyl (C=O) groups excluding carboxylic acids is 2. The van der Waals surface area contributed by atoms with E-state index in [1.165, 1.54) is 17.4 Å². The minimum absolute atomic E-state index is 0.0901. The van der Waals surface area contributed by atoms with Gasteiger partial charge in [-0.1, -0.05) is 6.07 Å². The van der Waals surface area contributed by atoms with Crippen LogP contribution in [0.3, 0.4) is 0 Å². The summed E-state index contributed by atoms with van der Waals surface area (Å²) in [6.07, 6.45) is 3.81. The number of amides is 2. The van der Waals surface area contributed by atoms with Gasteiger partial charge in [-0.2, -0.15) is 0 Å². The topological polar surface area (TPSA) is 118 Å². The van der Waals surface area contributed by atoms with Gasteiger partial charge in [-0.3, -0.25) is 14.4 Å². The highest BCUT2D eigenvalue weighted by Gasteiger charge is 2.26. The first-order chi connectivity index (χ1) is 13.0. The Morgan fingerprint density at radius 1 is 1.37 bits per heavy atom. The standard InChI is InChI=1S/C18H16N4O3S2/c19-15(23)10-7-9-11(21-16(10)24)3-1-4-12(9)22-17(25)14-8-20-18(27-14)13-5-2-6-26-13/h2,5-8,12H,1,3-4H2,(H2,19,23)(H,21,24)(H,22,25). The van der Waals surface area contributed by atoms with Gasteiger partial charge >= 0.3 is 0 Å². The number of carbonyl (C=O) groups is 2. The van der Waals surface area contributed by atoms with Crippen molar-refractivity contribution < 1.29 is 9.59 Å². The number of aryl methyl sites for hydroxylation is 1. The Kier molecular flexibility index (Phi) is 4.63. The summed E-state index contributed by atoms with van der Waals surface area (Å²) in [4.78, 5) is 44.7. The van der Waals surface area contributed by atoms with E-state index in [4.69, 9.17) is 5.73 Å². The summed E-state index contributed by atoms with van der Waals surface area (Å²) in [6, 6.07) is 5.12. The number of aromatic amines is 1. The maximum atomic E-state index is 12.7. The van der Waals surface area contributed by atoms with Crippen LogP contribution in [0.25, 0.3) is 9.88 Å². The number of nitrogens with zero attached hydrogens (tertiary/aromatic N) is 1. The Labute approximate surface area is 162 Å². The summed E-state index contributed by atoms with van der Waals surface area (Å²) >= 11 is 2.91. The lowest BCUT2D eigenvalue weighted by Crippen LogP contribution is -2.33. The lowest BCUT2D eigenvalue weighted by Gasteiger charge is -2.26.